The van der Waals surface area contributed by atoms with Crippen LogP contribution in [0.15, 0.2) is 41.1 Å². The number of β-lactam (4-membered cyclic amide) rings is 1. The van der Waals surface area contributed by atoms with Gasteiger partial charge in [-0.3, -0.25) is 14.5 Å². The van der Waals surface area contributed by atoms with E-state index in [-0.39, 0.29) is 35.5 Å². The number of carboxylic acids is 1. The highest BCUT2D eigenvalue weighted by atomic mass is 32.2. The van der Waals surface area contributed by atoms with E-state index in [1.54, 1.807) is 6.92 Å². The Labute approximate surface area is 248 Å². The molecule has 2 amide bonds. The summed E-state index contributed by atoms with van der Waals surface area (Å²) >= 11 is 2.27. The number of fused-ring (bicyclic) bond motifs is 2. The second kappa shape index (κ2) is 11.7. The summed E-state index contributed by atoms with van der Waals surface area (Å²) in [6.45, 7) is 4.05. The van der Waals surface area contributed by atoms with Gasteiger partial charge in [0.05, 0.1) is 6.20 Å². The highest BCUT2D eigenvalue weighted by Crippen LogP contribution is 2.40. The summed E-state index contributed by atoms with van der Waals surface area (Å²) in [6.07, 6.45) is 5.73. The monoisotopic (exact) mass is 613 g/mol. The summed E-state index contributed by atoms with van der Waals surface area (Å²) in [4.78, 5) is 53.7. The first-order chi connectivity index (χ1) is 20.4. The summed E-state index contributed by atoms with van der Waals surface area (Å²) in [7, 11) is 0. The summed E-state index contributed by atoms with van der Waals surface area (Å²) in [6, 6.07) is 3.33. The Balaban J connectivity index is 1.23. The Hall–Kier alpha value is -4.09. The Bertz CT molecular complexity index is 1610. The number of hydrogen-bond donors (Lipinski definition) is 4. The van der Waals surface area contributed by atoms with Gasteiger partial charge in [0.2, 0.25) is 17.9 Å². The molecule has 0 bridgehead atoms. The van der Waals surface area contributed by atoms with Crippen LogP contribution >= 0.6 is 23.3 Å². The maximum atomic E-state index is 13.3. The Kier molecular flexibility index (Phi) is 7.78. The van der Waals surface area contributed by atoms with Crippen LogP contribution in [0.25, 0.3) is 11.2 Å². The van der Waals surface area contributed by atoms with Gasteiger partial charge in [0.1, 0.15) is 35.8 Å². The normalized spacial score (nSPS) is 21.3. The number of pyridine rings is 1. The molecule has 0 aromatic carbocycles. The number of imidazole rings is 1. The molecule has 3 aromatic heterocycles. The third kappa shape index (κ3) is 5.07. The molecule has 3 aliphatic rings. The number of thioether (sulfide) groups is 1. The van der Waals surface area contributed by atoms with Gasteiger partial charge >= 0.3 is 11.6 Å². The highest BCUT2D eigenvalue weighted by Gasteiger charge is 2.54. The molecule has 220 valence electrons. The van der Waals surface area contributed by atoms with Gasteiger partial charge in [-0.25, -0.2) is 9.36 Å². The van der Waals surface area contributed by atoms with E-state index in [9.17, 15) is 19.5 Å². The molecule has 2 fully saturated rings. The molecule has 3 aliphatic heterocycles. The number of carbonyl (C=O) groups excluding carboxylic acids is 2. The molecule has 6 rings (SSSR count). The zero-order valence-electron chi connectivity index (χ0n) is 22.6. The number of hydrogen-bond acceptors (Lipinski definition) is 12. The number of nitrogens with zero attached hydrogens (tertiary/aromatic N) is 7. The van der Waals surface area contributed by atoms with Crippen LogP contribution < -0.4 is 20.9 Å². The molecule has 2 unspecified atom stereocenters. The van der Waals surface area contributed by atoms with Gasteiger partial charge in [-0.15, -0.1) is 11.8 Å². The van der Waals surface area contributed by atoms with Crippen LogP contribution in [0.2, 0.25) is 0 Å². The van der Waals surface area contributed by atoms with Crippen molar-refractivity contribution < 1.29 is 28.9 Å². The summed E-state index contributed by atoms with van der Waals surface area (Å²) in [5.41, 5.74) is 7.66. The van der Waals surface area contributed by atoms with Gasteiger partial charge in [-0.2, -0.15) is 9.36 Å². The van der Waals surface area contributed by atoms with E-state index in [0.29, 0.717) is 17.4 Å². The molecular weight excluding hydrogens is 584 g/mol. The first-order valence-electron chi connectivity index (χ1n) is 13.4. The van der Waals surface area contributed by atoms with Crippen LogP contribution in [0.1, 0.15) is 31.6 Å². The summed E-state index contributed by atoms with van der Waals surface area (Å²) in [5.74, 6) is -2.13. The molecule has 2 saturated heterocycles. The van der Waals surface area contributed by atoms with Gasteiger partial charge in [0.15, 0.2) is 5.13 Å². The summed E-state index contributed by atoms with van der Waals surface area (Å²) in [5, 5.41) is 19.6. The van der Waals surface area contributed by atoms with Crippen molar-refractivity contribution in [3.63, 3.8) is 0 Å². The number of carbonyl (C=O) groups is 3. The maximum absolute atomic E-state index is 13.3. The van der Waals surface area contributed by atoms with Crippen LogP contribution in [0.4, 0.5) is 5.13 Å². The quantitative estimate of drug-likeness (QED) is 0.109. The van der Waals surface area contributed by atoms with Crippen molar-refractivity contribution >= 4 is 63.1 Å². The second-order valence-electron chi connectivity index (χ2n) is 9.91. The van der Waals surface area contributed by atoms with Crippen molar-refractivity contribution in [3.05, 3.63) is 41.8 Å². The fraction of sp³-hybridized carbons (Fsp3) is 0.440. The fourth-order valence-corrected chi connectivity index (χ4v) is 7.19. The number of aromatic nitrogens is 5. The third-order valence-electron chi connectivity index (χ3n) is 7.36. The number of amides is 2. The first-order valence-corrected chi connectivity index (χ1v) is 15.3. The van der Waals surface area contributed by atoms with Gasteiger partial charge < -0.3 is 30.9 Å². The number of nitrogens with one attached hydrogen (secondary N) is 2. The molecule has 42 heavy (non-hydrogen) atoms. The minimum atomic E-state index is -1.21. The average Bonchev–Trinajstić information content (AvgIpc) is 3.63. The largest absolute Gasteiger partial charge is 0.477 e. The molecule has 15 nitrogen and oxygen atoms in total. The van der Waals surface area contributed by atoms with Gasteiger partial charge in [-0.1, -0.05) is 5.16 Å². The smallest absolute Gasteiger partial charge is 0.352 e. The topological polar surface area (TPSA) is 194 Å². The van der Waals surface area contributed by atoms with Crippen molar-refractivity contribution in [1.29, 1.82) is 0 Å². The lowest BCUT2D eigenvalue weighted by atomic mass is 10.0. The number of nitrogens with two attached hydrogens (primary N) is 1. The number of carboxylic acid groups (broad SMARTS) is 1. The highest BCUT2D eigenvalue weighted by molar-refractivity contribution is 8.00. The number of nitrogen functional groups attached to an aromatic ring is 1. The number of aliphatic carboxylic acids is 1. The van der Waals surface area contributed by atoms with Crippen LogP contribution in [-0.4, -0.2) is 89.3 Å². The van der Waals surface area contributed by atoms with Gasteiger partial charge in [-0.05, 0) is 50.0 Å². The van der Waals surface area contributed by atoms with Crippen LogP contribution in [-0.2, 0) is 25.8 Å². The van der Waals surface area contributed by atoms with Crippen LogP contribution in [0, 0.1) is 0 Å². The lowest BCUT2D eigenvalue weighted by molar-refractivity contribution is -0.664. The Morgan fingerprint density at radius 2 is 2.17 bits per heavy atom. The van der Waals surface area contributed by atoms with Crippen LogP contribution in [0.3, 0.4) is 0 Å². The van der Waals surface area contributed by atoms with Gasteiger partial charge in [0.25, 0.3) is 11.8 Å². The molecular formula is C25H29N10O5S2+. The summed E-state index contributed by atoms with van der Waals surface area (Å²) < 4.78 is 8.12. The molecule has 0 spiro atoms. The molecule has 3 aromatic rings. The number of anilines is 1. The Morgan fingerprint density at radius 1 is 1.36 bits per heavy atom. The molecule has 0 radical (unpaired) electrons. The molecule has 5 N–H and O–H groups in total. The van der Waals surface area contributed by atoms with E-state index < -0.39 is 29.2 Å². The predicted octanol–water partition coefficient (Wildman–Crippen LogP) is -0.139. The maximum Gasteiger partial charge on any atom is 0.352 e. The zero-order chi connectivity index (χ0) is 29.4. The standard InChI is InChI=1S/C25H28N10O5S2/c1-2-40-31-16(19-30-25(26)42-32-19)21(36)29-17-22(37)35-18(24(38)39)13(11-41-23(17)35)10-33-9-3-4-15-20(33)28-12-34(15)14-5-7-27-8-6-14/h3-4,9,12,14,17,23,27H,2,5-8,10-11H2,1H3,(H3-,26,29,30,32,36,38,39)/p+1/b31-16+. The number of piperidine rings is 1. The predicted molar refractivity (Wildman–Crippen MR) is 153 cm³/mol. The van der Waals surface area contributed by atoms with E-state index in [0.717, 1.165) is 48.6 Å². The van der Waals surface area contributed by atoms with E-state index in [1.165, 1.54) is 16.7 Å². The number of oxime groups is 1. The molecule has 2 atom stereocenters. The van der Waals surface area contributed by atoms with E-state index >= 15 is 0 Å². The van der Waals surface area contributed by atoms with E-state index in [4.69, 9.17) is 10.6 Å². The second-order valence-corrected chi connectivity index (χ2v) is 11.8. The van der Waals surface area contributed by atoms with E-state index in [1.807, 2.05) is 29.2 Å². The van der Waals surface area contributed by atoms with Crippen molar-refractivity contribution in [2.24, 2.45) is 5.16 Å². The molecule has 0 saturated carbocycles. The van der Waals surface area contributed by atoms with Crippen molar-refractivity contribution in [2.75, 3.05) is 31.2 Å². The lowest BCUT2D eigenvalue weighted by Crippen LogP contribution is -2.71. The Morgan fingerprint density at radius 3 is 2.88 bits per heavy atom. The molecule has 6 heterocycles. The van der Waals surface area contributed by atoms with Crippen LogP contribution in [0.5, 0.6) is 0 Å². The third-order valence-corrected chi connectivity index (χ3v) is 9.24. The van der Waals surface area contributed by atoms with Crippen molar-refractivity contribution in [1.82, 2.24) is 34.4 Å². The van der Waals surface area contributed by atoms with Gasteiger partial charge in [0, 0.05) is 28.9 Å². The minimum Gasteiger partial charge on any atom is -0.477 e. The molecule has 0 aliphatic carbocycles. The fourth-order valence-electron chi connectivity index (χ4n) is 5.42. The first kappa shape index (κ1) is 28.0. The van der Waals surface area contributed by atoms with Crippen molar-refractivity contribution in [2.45, 2.75) is 43.8 Å². The SMILES string of the molecule is CCO/N=C(/C(=O)NC1C(=O)N2C(C(=O)O)=C(C[n+]3cccc4c3ncn4C3CCNCC3)CSC12)c1nsc(N)n1. The van der Waals surface area contributed by atoms with Crippen molar-refractivity contribution in [3.8, 4) is 0 Å². The lowest BCUT2D eigenvalue weighted by Gasteiger charge is -2.49. The number of rotatable bonds is 9. The minimum absolute atomic E-state index is 0.0226. The molecule has 17 heteroatoms. The average molecular weight is 614 g/mol. The zero-order valence-corrected chi connectivity index (χ0v) is 24.2. The van der Waals surface area contributed by atoms with E-state index in [2.05, 4.69) is 34.7 Å².